The van der Waals surface area contributed by atoms with E-state index >= 15 is 0 Å². The number of carbonyl (C=O) groups is 1. The van der Waals surface area contributed by atoms with E-state index in [9.17, 15) is 4.79 Å². The Labute approximate surface area is 114 Å². The van der Waals surface area contributed by atoms with E-state index in [1.165, 1.54) is 0 Å². The number of nitrogens with two attached hydrogens (primary N) is 1. The molecule has 4 nitrogen and oxygen atoms in total. The molecule has 1 amide bonds. The first-order valence-electron chi connectivity index (χ1n) is 7.00. The van der Waals surface area contributed by atoms with Crippen molar-refractivity contribution in [3.8, 4) is 5.75 Å². The summed E-state index contributed by atoms with van der Waals surface area (Å²) in [7, 11) is 0. The van der Waals surface area contributed by atoms with Gasteiger partial charge in [-0.1, -0.05) is 19.1 Å². The number of hydrogen-bond acceptors (Lipinski definition) is 3. The maximum atomic E-state index is 12.1. The number of rotatable bonds is 5. The van der Waals surface area contributed by atoms with Gasteiger partial charge < -0.3 is 15.4 Å². The van der Waals surface area contributed by atoms with E-state index in [0.29, 0.717) is 19.6 Å². The third-order valence-corrected chi connectivity index (χ3v) is 3.51. The fourth-order valence-electron chi connectivity index (χ4n) is 2.28. The zero-order valence-corrected chi connectivity index (χ0v) is 11.5. The minimum absolute atomic E-state index is 0.134. The van der Waals surface area contributed by atoms with Crippen LogP contribution in [0.25, 0.3) is 0 Å². The van der Waals surface area contributed by atoms with E-state index < -0.39 is 0 Å². The van der Waals surface area contributed by atoms with Crippen molar-refractivity contribution in [3.63, 3.8) is 0 Å². The number of benzene rings is 1. The van der Waals surface area contributed by atoms with Gasteiger partial charge in [0.05, 0.1) is 18.7 Å². The monoisotopic (exact) mass is 262 g/mol. The Morgan fingerprint density at radius 2 is 2.21 bits per heavy atom. The molecule has 2 rings (SSSR count). The molecule has 19 heavy (non-hydrogen) atoms. The lowest BCUT2D eigenvalue weighted by molar-refractivity contribution is -0.118. The van der Waals surface area contributed by atoms with E-state index in [1.54, 1.807) is 0 Å². The van der Waals surface area contributed by atoms with Crippen molar-refractivity contribution in [1.82, 2.24) is 0 Å². The third kappa shape index (κ3) is 3.47. The van der Waals surface area contributed by atoms with E-state index in [-0.39, 0.29) is 11.9 Å². The summed E-state index contributed by atoms with van der Waals surface area (Å²) in [5, 5.41) is 0. The quantitative estimate of drug-likeness (QED) is 0.886. The van der Waals surface area contributed by atoms with E-state index in [4.69, 9.17) is 10.5 Å². The Hall–Kier alpha value is -1.55. The highest BCUT2D eigenvalue weighted by Gasteiger charge is 2.22. The summed E-state index contributed by atoms with van der Waals surface area (Å²) in [5.74, 6) is 0.933. The SMILES string of the molecule is CCC(N)CCCN1C(=O)CCOc2ccccc21. The summed E-state index contributed by atoms with van der Waals surface area (Å²) in [6.45, 7) is 3.26. The topological polar surface area (TPSA) is 55.6 Å². The standard InChI is InChI=1S/C15H22N2O2/c1-2-12(16)6-5-10-17-13-7-3-4-8-14(13)19-11-9-15(17)18/h3-4,7-8,12H,2,5-6,9-11,16H2,1H3. The van der Waals surface area contributed by atoms with E-state index in [0.717, 1.165) is 30.7 Å². The Balaban J connectivity index is 2.06. The minimum Gasteiger partial charge on any atom is -0.491 e. The maximum absolute atomic E-state index is 12.1. The first-order valence-corrected chi connectivity index (χ1v) is 7.00. The lowest BCUT2D eigenvalue weighted by Gasteiger charge is -2.22. The minimum atomic E-state index is 0.134. The molecule has 2 N–H and O–H groups in total. The summed E-state index contributed by atoms with van der Waals surface area (Å²) in [6, 6.07) is 7.95. The number of ether oxygens (including phenoxy) is 1. The molecule has 1 atom stereocenters. The molecule has 0 saturated carbocycles. The van der Waals surface area contributed by atoms with Gasteiger partial charge in [0.15, 0.2) is 0 Å². The van der Waals surface area contributed by atoms with Gasteiger partial charge in [-0.2, -0.15) is 0 Å². The molecular weight excluding hydrogens is 240 g/mol. The number of amides is 1. The lowest BCUT2D eigenvalue weighted by atomic mass is 10.1. The summed E-state index contributed by atoms with van der Waals surface area (Å²) in [6.07, 6.45) is 3.29. The van der Waals surface area contributed by atoms with Crippen molar-refractivity contribution in [2.45, 2.75) is 38.6 Å². The van der Waals surface area contributed by atoms with Crippen LogP contribution < -0.4 is 15.4 Å². The average molecular weight is 262 g/mol. The highest BCUT2D eigenvalue weighted by molar-refractivity contribution is 5.95. The van der Waals surface area contributed by atoms with Gasteiger partial charge in [0, 0.05) is 12.6 Å². The molecule has 0 fully saturated rings. The van der Waals surface area contributed by atoms with Crippen LogP contribution in [0.5, 0.6) is 5.75 Å². The van der Waals surface area contributed by atoms with Gasteiger partial charge in [0.2, 0.25) is 5.91 Å². The molecule has 0 saturated heterocycles. The first-order chi connectivity index (χ1) is 9.22. The Morgan fingerprint density at radius 1 is 1.42 bits per heavy atom. The Morgan fingerprint density at radius 3 is 3.00 bits per heavy atom. The largest absolute Gasteiger partial charge is 0.491 e. The Bertz CT molecular complexity index is 434. The van der Waals surface area contributed by atoms with Crippen LogP contribution in [0.2, 0.25) is 0 Å². The van der Waals surface area contributed by atoms with Crippen molar-refractivity contribution in [2.24, 2.45) is 5.73 Å². The molecule has 1 unspecified atom stereocenters. The lowest BCUT2D eigenvalue weighted by Crippen LogP contribution is -2.32. The van der Waals surface area contributed by atoms with Crippen LogP contribution in [0.15, 0.2) is 24.3 Å². The second-order valence-corrected chi connectivity index (χ2v) is 4.92. The molecule has 1 aliphatic heterocycles. The van der Waals surface area contributed by atoms with E-state index in [2.05, 4.69) is 6.92 Å². The molecule has 0 aromatic heterocycles. The van der Waals surface area contributed by atoms with Crippen molar-refractivity contribution in [1.29, 1.82) is 0 Å². The number of para-hydroxylation sites is 2. The number of fused-ring (bicyclic) bond motifs is 1. The van der Waals surface area contributed by atoms with Gasteiger partial charge in [-0.15, -0.1) is 0 Å². The number of carbonyl (C=O) groups excluding carboxylic acids is 1. The highest BCUT2D eigenvalue weighted by Crippen LogP contribution is 2.31. The molecule has 4 heteroatoms. The highest BCUT2D eigenvalue weighted by atomic mass is 16.5. The summed E-state index contributed by atoms with van der Waals surface area (Å²) in [5.41, 5.74) is 6.80. The van der Waals surface area contributed by atoms with Gasteiger partial charge in [-0.3, -0.25) is 4.79 Å². The van der Waals surface area contributed by atoms with Crippen LogP contribution >= 0.6 is 0 Å². The van der Waals surface area contributed by atoms with Crippen molar-refractivity contribution in [2.75, 3.05) is 18.1 Å². The number of anilines is 1. The van der Waals surface area contributed by atoms with Crippen LogP contribution in [0, 0.1) is 0 Å². The van der Waals surface area contributed by atoms with Crippen LogP contribution in [0.3, 0.4) is 0 Å². The zero-order valence-electron chi connectivity index (χ0n) is 11.5. The fourth-order valence-corrected chi connectivity index (χ4v) is 2.28. The van der Waals surface area contributed by atoms with Crippen molar-refractivity contribution >= 4 is 11.6 Å². The smallest absolute Gasteiger partial charge is 0.230 e. The average Bonchev–Trinajstić information content (AvgIpc) is 2.58. The second-order valence-electron chi connectivity index (χ2n) is 4.92. The van der Waals surface area contributed by atoms with Crippen LogP contribution in [0.1, 0.15) is 32.6 Å². The van der Waals surface area contributed by atoms with Crippen LogP contribution in [-0.4, -0.2) is 25.1 Å². The molecule has 0 aliphatic carbocycles. The molecular formula is C15H22N2O2. The molecule has 1 heterocycles. The number of hydrogen-bond donors (Lipinski definition) is 1. The van der Waals surface area contributed by atoms with E-state index in [1.807, 2.05) is 29.2 Å². The summed E-state index contributed by atoms with van der Waals surface area (Å²) in [4.78, 5) is 14.0. The molecule has 1 aromatic rings. The number of nitrogens with zero attached hydrogens (tertiary/aromatic N) is 1. The Kier molecular flexibility index (Phi) is 4.80. The summed E-state index contributed by atoms with van der Waals surface area (Å²) >= 11 is 0. The zero-order chi connectivity index (χ0) is 13.7. The van der Waals surface area contributed by atoms with Gasteiger partial charge in [0.1, 0.15) is 5.75 Å². The van der Waals surface area contributed by atoms with Crippen molar-refractivity contribution < 1.29 is 9.53 Å². The van der Waals surface area contributed by atoms with Gasteiger partial charge in [0.25, 0.3) is 0 Å². The molecule has 0 radical (unpaired) electrons. The van der Waals surface area contributed by atoms with Crippen molar-refractivity contribution in [3.05, 3.63) is 24.3 Å². The second kappa shape index (κ2) is 6.57. The predicted octanol–water partition coefficient (Wildman–Crippen LogP) is 2.32. The molecule has 0 spiro atoms. The first kappa shape index (κ1) is 13.9. The van der Waals surface area contributed by atoms with Gasteiger partial charge in [-0.05, 0) is 31.4 Å². The van der Waals surface area contributed by atoms with Crippen LogP contribution in [0.4, 0.5) is 5.69 Å². The maximum Gasteiger partial charge on any atom is 0.230 e. The van der Waals surface area contributed by atoms with Crippen LogP contribution in [-0.2, 0) is 4.79 Å². The normalized spacial score (nSPS) is 16.5. The van der Waals surface area contributed by atoms with Gasteiger partial charge >= 0.3 is 0 Å². The molecule has 0 bridgehead atoms. The van der Waals surface area contributed by atoms with Gasteiger partial charge in [-0.25, -0.2) is 0 Å². The molecule has 1 aliphatic rings. The summed E-state index contributed by atoms with van der Waals surface area (Å²) < 4.78 is 5.61. The molecule has 104 valence electrons. The predicted molar refractivity (Wildman–Crippen MR) is 76.4 cm³/mol. The molecule has 1 aromatic carbocycles. The third-order valence-electron chi connectivity index (χ3n) is 3.51. The fraction of sp³-hybridized carbons (Fsp3) is 0.533.